The van der Waals surface area contributed by atoms with Crippen molar-refractivity contribution in [2.75, 3.05) is 18.8 Å². The van der Waals surface area contributed by atoms with E-state index in [2.05, 4.69) is 15.1 Å². The third-order valence-corrected chi connectivity index (χ3v) is 5.40. The molecule has 0 bridgehead atoms. The van der Waals surface area contributed by atoms with E-state index in [0.717, 1.165) is 42.0 Å². The Labute approximate surface area is 154 Å². The van der Waals surface area contributed by atoms with E-state index in [1.54, 1.807) is 10.9 Å². The average molecular weight is 374 g/mol. The Morgan fingerprint density at radius 2 is 2.08 bits per heavy atom. The van der Waals surface area contributed by atoms with Crippen LogP contribution in [0.5, 0.6) is 0 Å². The second kappa shape index (κ2) is 7.01. The van der Waals surface area contributed by atoms with Gasteiger partial charge in [-0.15, -0.1) is 0 Å². The fourth-order valence-corrected chi connectivity index (χ4v) is 3.97. The number of thioether (sulfide) groups is 1. The zero-order chi connectivity index (χ0) is 17.2. The Bertz CT molecular complexity index is 922. The van der Waals surface area contributed by atoms with Crippen molar-refractivity contribution in [3.8, 4) is 5.69 Å². The summed E-state index contributed by atoms with van der Waals surface area (Å²) in [6.07, 6.45) is 5.44. The molecule has 1 aliphatic rings. The Balaban J connectivity index is 1.59. The quantitative estimate of drug-likeness (QED) is 0.519. The van der Waals surface area contributed by atoms with Crippen LogP contribution in [0, 0.1) is 0 Å². The predicted octanol–water partition coefficient (Wildman–Crippen LogP) is 3.18. The number of aromatic nitrogens is 4. The second-order valence-electron chi connectivity index (χ2n) is 5.83. The molecule has 2 aromatic heterocycles. The molecule has 3 aromatic rings. The maximum atomic E-state index is 12.2. The van der Waals surface area contributed by atoms with E-state index >= 15 is 0 Å². The highest BCUT2D eigenvalue weighted by Gasteiger charge is 2.19. The number of amides is 1. The van der Waals surface area contributed by atoms with Crippen LogP contribution < -0.4 is 0 Å². The van der Waals surface area contributed by atoms with Crippen LogP contribution in [0.4, 0.5) is 0 Å². The standard InChI is InChI=1S/C17H16ClN5OS/c18-12-4-3-5-13(8-12)23-16-14(9-21-23)17(20-11-19-16)25-10-15(24)22-6-1-2-7-22/h3-5,8-9,11H,1-2,6-7,10H2. The number of carbonyl (C=O) groups excluding carboxylic acids is 1. The van der Waals surface area contributed by atoms with Gasteiger partial charge >= 0.3 is 0 Å². The van der Waals surface area contributed by atoms with Gasteiger partial charge in [-0.05, 0) is 31.0 Å². The highest BCUT2D eigenvalue weighted by Crippen LogP contribution is 2.27. The Kier molecular flexibility index (Phi) is 4.59. The van der Waals surface area contributed by atoms with Crippen molar-refractivity contribution in [2.45, 2.75) is 17.9 Å². The number of halogens is 1. The minimum atomic E-state index is 0.163. The van der Waals surface area contributed by atoms with Crippen molar-refractivity contribution in [1.29, 1.82) is 0 Å². The van der Waals surface area contributed by atoms with Crippen LogP contribution in [0.15, 0.2) is 41.8 Å². The molecule has 6 nitrogen and oxygen atoms in total. The first-order valence-corrected chi connectivity index (χ1v) is 9.44. The van der Waals surface area contributed by atoms with Gasteiger partial charge in [-0.25, -0.2) is 14.6 Å². The van der Waals surface area contributed by atoms with E-state index in [1.807, 2.05) is 29.2 Å². The van der Waals surface area contributed by atoms with Crippen molar-refractivity contribution < 1.29 is 4.79 Å². The average Bonchev–Trinajstić information content (AvgIpc) is 3.29. The molecule has 1 aromatic carbocycles. The summed E-state index contributed by atoms with van der Waals surface area (Å²) in [7, 11) is 0. The van der Waals surface area contributed by atoms with Gasteiger partial charge in [0.2, 0.25) is 5.91 Å². The van der Waals surface area contributed by atoms with Crippen molar-refractivity contribution >= 4 is 40.3 Å². The molecule has 128 valence electrons. The van der Waals surface area contributed by atoms with E-state index < -0.39 is 0 Å². The number of carbonyl (C=O) groups is 1. The van der Waals surface area contributed by atoms with Gasteiger partial charge in [0.1, 0.15) is 11.4 Å². The molecular weight excluding hydrogens is 358 g/mol. The molecular formula is C17H16ClN5OS. The van der Waals surface area contributed by atoms with Gasteiger partial charge in [0.05, 0.1) is 23.0 Å². The first-order valence-electron chi connectivity index (χ1n) is 8.07. The molecule has 0 atom stereocenters. The first kappa shape index (κ1) is 16.4. The SMILES string of the molecule is O=C(CSc1ncnc2c1cnn2-c1cccc(Cl)c1)N1CCCC1. The molecule has 0 aliphatic carbocycles. The topological polar surface area (TPSA) is 63.9 Å². The molecule has 8 heteroatoms. The Morgan fingerprint density at radius 1 is 1.24 bits per heavy atom. The van der Waals surface area contributed by atoms with Crippen molar-refractivity contribution in [2.24, 2.45) is 0 Å². The summed E-state index contributed by atoms with van der Waals surface area (Å²) in [5.41, 5.74) is 1.54. The number of hydrogen-bond acceptors (Lipinski definition) is 5. The molecule has 4 rings (SSSR count). The third-order valence-electron chi connectivity index (χ3n) is 4.17. The lowest BCUT2D eigenvalue weighted by atomic mass is 10.3. The summed E-state index contributed by atoms with van der Waals surface area (Å²) in [6, 6.07) is 7.44. The van der Waals surface area contributed by atoms with E-state index in [-0.39, 0.29) is 5.91 Å². The summed E-state index contributed by atoms with van der Waals surface area (Å²) >= 11 is 7.51. The van der Waals surface area contributed by atoms with Crippen LogP contribution in [0.25, 0.3) is 16.7 Å². The maximum Gasteiger partial charge on any atom is 0.232 e. The minimum absolute atomic E-state index is 0.163. The van der Waals surface area contributed by atoms with Crippen LogP contribution >= 0.6 is 23.4 Å². The van der Waals surface area contributed by atoms with Crippen molar-refractivity contribution in [3.63, 3.8) is 0 Å². The van der Waals surface area contributed by atoms with Crippen molar-refractivity contribution in [1.82, 2.24) is 24.6 Å². The minimum Gasteiger partial charge on any atom is -0.342 e. The molecule has 1 fully saturated rings. The van der Waals surface area contributed by atoms with Crippen LogP contribution in [-0.4, -0.2) is 49.4 Å². The number of rotatable bonds is 4. The van der Waals surface area contributed by atoms with E-state index in [4.69, 9.17) is 11.6 Å². The summed E-state index contributed by atoms with van der Waals surface area (Å²) in [5, 5.41) is 6.66. The Morgan fingerprint density at radius 3 is 2.88 bits per heavy atom. The fourth-order valence-electron chi connectivity index (χ4n) is 2.92. The second-order valence-corrected chi connectivity index (χ2v) is 7.23. The highest BCUT2D eigenvalue weighted by atomic mass is 35.5. The molecule has 0 N–H and O–H groups in total. The van der Waals surface area contributed by atoms with Gasteiger partial charge < -0.3 is 4.90 Å². The number of nitrogens with zero attached hydrogens (tertiary/aromatic N) is 5. The molecule has 1 aliphatic heterocycles. The summed E-state index contributed by atoms with van der Waals surface area (Å²) in [4.78, 5) is 22.8. The van der Waals surface area contributed by atoms with E-state index in [9.17, 15) is 4.79 Å². The number of benzene rings is 1. The van der Waals surface area contributed by atoms with Gasteiger partial charge in [-0.3, -0.25) is 4.79 Å². The smallest absolute Gasteiger partial charge is 0.232 e. The summed E-state index contributed by atoms with van der Waals surface area (Å²) in [6.45, 7) is 1.73. The summed E-state index contributed by atoms with van der Waals surface area (Å²) < 4.78 is 1.73. The zero-order valence-corrected chi connectivity index (χ0v) is 15.0. The van der Waals surface area contributed by atoms with Gasteiger partial charge in [-0.1, -0.05) is 29.4 Å². The number of fused-ring (bicyclic) bond motifs is 1. The lowest BCUT2D eigenvalue weighted by Crippen LogP contribution is -2.29. The lowest BCUT2D eigenvalue weighted by Gasteiger charge is -2.14. The largest absolute Gasteiger partial charge is 0.342 e. The van der Waals surface area contributed by atoms with Crippen LogP contribution in [0.1, 0.15) is 12.8 Å². The third kappa shape index (κ3) is 3.34. The van der Waals surface area contributed by atoms with Gasteiger partial charge in [0.25, 0.3) is 0 Å². The molecule has 0 spiro atoms. The molecule has 1 saturated heterocycles. The molecule has 3 heterocycles. The molecule has 0 saturated carbocycles. The lowest BCUT2D eigenvalue weighted by molar-refractivity contribution is -0.127. The van der Waals surface area contributed by atoms with Crippen LogP contribution in [-0.2, 0) is 4.79 Å². The Hall–Kier alpha value is -2.12. The van der Waals surface area contributed by atoms with Gasteiger partial charge in [0.15, 0.2) is 5.65 Å². The summed E-state index contributed by atoms with van der Waals surface area (Å²) in [5.74, 6) is 0.547. The maximum absolute atomic E-state index is 12.2. The highest BCUT2D eigenvalue weighted by molar-refractivity contribution is 8.00. The van der Waals surface area contributed by atoms with Crippen LogP contribution in [0.3, 0.4) is 0 Å². The van der Waals surface area contributed by atoms with Crippen LogP contribution in [0.2, 0.25) is 5.02 Å². The first-order chi connectivity index (χ1) is 12.2. The van der Waals surface area contributed by atoms with E-state index in [0.29, 0.717) is 16.4 Å². The monoisotopic (exact) mass is 373 g/mol. The molecule has 0 unspecified atom stereocenters. The predicted molar refractivity (Wildman–Crippen MR) is 98.2 cm³/mol. The molecule has 0 radical (unpaired) electrons. The normalized spacial score (nSPS) is 14.4. The fraction of sp³-hybridized carbons (Fsp3) is 0.294. The van der Waals surface area contributed by atoms with Gasteiger partial charge in [0, 0.05) is 18.1 Å². The van der Waals surface area contributed by atoms with Gasteiger partial charge in [-0.2, -0.15) is 5.10 Å². The van der Waals surface area contributed by atoms with Crippen molar-refractivity contribution in [3.05, 3.63) is 41.8 Å². The number of likely N-dealkylation sites (tertiary alicyclic amines) is 1. The molecule has 25 heavy (non-hydrogen) atoms. The zero-order valence-electron chi connectivity index (χ0n) is 13.4. The molecule has 1 amide bonds. The number of hydrogen-bond donors (Lipinski definition) is 0. The van der Waals surface area contributed by atoms with E-state index in [1.165, 1.54) is 18.1 Å².